The number of phenolic OH excluding ortho intramolecular Hbond substituents is 2. The highest BCUT2D eigenvalue weighted by Crippen LogP contribution is 2.43. The smallest absolute Gasteiger partial charge is 0.243 e. The number of nitrogens with zero attached hydrogens (tertiary/aromatic N) is 4. The van der Waals surface area contributed by atoms with E-state index < -0.39 is 10.0 Å². The molecule has 1 unspecified atom stereocenters. The Morgan fingerprint density at radius 2 is 1.92 bits per heavy atom. The minimum Gasteiger partial charge on any atom is -0.506 e. The van der Waals surface area contributed by atoms with Crippen LogP contribution in [0.1, 0.15) is 36.5 Å². The highest BCUT2D eigenvalue weighted by atomic mass is 32.2. The summed E-state index contributed by atoms with van der Waals surface area (Å²) in [7, 11) is -3.72. The van der Waals surface area contributed by atoms with Crippen LogP contribution in [0.3, 0.4) is 0 Å². The second-order valence-electron chi connectivity index (χ2n) is 8.51. The Morgan fingerprint density at radius 3 is 2.51 bits per heavy atom. The highest BCUT2D eigenvalue weighted by Gasteiger charge is 2.28. The predicted molar refractivity (Wildman–Crippen MR) is 135 cm³/mol. The number of aliphatic hydroxyl groups is 1. The van der Waals surface area contributed by atoms with Crippen LogP contribution in [0.2, 0.25) is 0 Å². The fourth-order valence-corrected chi connectivity index (χ4v) is 5.55. The zero-order chi connectivity index (χ0) is 27.0. The molecule has 3 rings (SSSR count). The van der Waals surface area contributed by atoms with E-state index in [9.17, 15) is 23.9 Å². The van der Waals surface area contributed by atoms with E-state index in [1.807, 2.05) is 6.07 Å². The Bertz CT molecular complexity index is 1250. The van der Waals surface area contributed by atoms with Gasteiger partial charge in [0.25, 0.3) is 0 Å². The van der Waals surface area contributed by atoms with Crippen LogP contribution in [-0.4, -0.2) is 73.7 Å². The number of aromatic hydroxyl groups is 2. The molecular weight excluding hydrogens is 500 g/mol. The third kappa shape index (κ3) is 6.63. The number of likely N-dealkylation sites (N-methyl/N-ethyl adjacent to an activating group) is 1. The molecule has 11 nitrogen and oxygen atoms in total. The normalized spacial score (nSPS) is 16.0. The average Bonchev–Trinajstić information content (AvgIpc) is 3.40. The van der Waals surface area contributed by atoms with Gasteiger partial charge >= 0.3 is 0 Å². The first-order valence-electron chi connectivity index (χ1n) is 12.0. The summed E-state index contributed by atoms with van der Waals surface area (Å²) in [5.74, 6) is -0.695. The van der Waals surface area contributed by atoms with Gasteiger partial charge in [-0.2, -0.15) is 14.7 Å². The standard InChI is InChI=1S/C25H32N4O7S/c1-3-29(16-19-5-4-12-36-19)37(33,34)20-8-6-18(7-9-20)27-28-23-17(2)22(15-26)24(31)21(25(23)32)10-13-35-14-11-30/h6-9,19,30-32H,3-5,10-14,16H2,1-2H3. The van der Waals surface area contributed by atoms with Gasteiger partial charge in [0.1, 0.15) is 23.3 Å². The zero-order valence-electron chi connectivity index (χ0n) is 20.9. The molecule has 12 heteroatoms. The van der Waals surface area contributed by atoms with E-state index in [1.54, 1.807) is 6.92 Å². The quantitative estimate of drug-likeness (QED) is 0.276. The molecule has 0 spiro atoms. The lowest BCUT2D eigenvalue weighted by molar-refractivity contribution is 0.0939. The Kier molecular flexibility index (Phi) is 9.96. The topological polar surface area (TPSA) is 165 Å². The van der Waals surface area contributed by atoms with Gasteiger partial charge in [-0.25, -0.2) is 8.42 Å². The summed E-state index contributed by atoms with van der Waals surface area (Å²) in [5.41, 5.74) is 0.627. The second-order valence-corrected chi connectivity index (χ2v) is 10.4. The van der Waals surface area contributed by atoms with E-state index in [4.69, 9.17) is 14.6 Å². The third-order valence-corrected chi connectivity index (χ3v) is 8.09. The summed E-state index contributed by atoms with van der Waals surface area (Å²) in [6.07, 6.45) is 1.74. The van der Waals surface area contributed by atoms with Crippen LogP contribution in [0, 0.1) is 18.3 Å². The van der Waals surface area contributed by atoms with Crippen LogP contribution >= 0.6 is 0 Å². The lowest BCUT2D eigenvalue weighted by atomic mass is 9.98. The van der Waals surface area contributed by atoms with Gasteiger partial charge in [-0.15, -0.1) is 5.11 Å². The lowest BCUT2D eigenvalue weighted by Crippen LogP contribution is -2.37. The first kappa shape index (κ1) is 28.5. The van der Waals surface area contributed by atoms with Gasteiger partial charge in [0.2, 0.25) is 10.0 Å². The van der Waals surface area contributed by atoms with Crippen LogP contribution in [0.25, 0.3) is 0 Å². The Balaban J connectivity index is 1.83. The molecule has 37 heavy (non-hydrogen) atoms. The van der Waals surface area contributed by atoms with Crippen LogP contribution in [0.15, 0.2) is 39.4 Å². The summed E-state index contributed by atoms with van der Waals surface area (Å²) in [6.45, 7) is 4.61. The minimum absolute atomic E-state index is 0.0110. The molecule has 0 amide bonds. The molecule has 1 heterocycles. The molecule has 1 aliphatic heterocycles. The van der Waals surface area contributed by atoms with Crippen molar-refractivity contribution in [3.05, 3.63) is 41.0 Å². The minimum atomic E-state index is -3.72. The Labute approximate surface area is 216 Å². The fourth-order valence-electron chi connectivity index (χ4n) is 4.07. The third-order valence-electron chi connectivity index (χ3n) is 6.13. The van der Waals surface area contributed by atoms with Crippen molar-refractivity contribution in [2.45, 2.75) is 44.1 Å². The molecule has 0 aromatic heterocycles. The maximum absolute atomic E-state index is 13.1. The number of rotatable bonds is 12. The summed E-state index contributed by atoms with van der Waals surface area (Å²) >= 11 is 0. The van der Waals surface area contributed by atoms with Gasteiger partial charge in [0, 0.05) is 37.2 Å². The van der Waals surface area contributed by atoms with E-state index >= 15 is 0 Å². The van der Waals surface area contributed by atoms with Crippen molar-refractivity contribution in [1.29, 1.82) is 5.26 Å². The van der Waals surface area contributed by atoms with Crippen molar-refractivity contribution in [2.24, 2.45) is 10.2 Å². The van der Waals surface area contributed by atoms with Gasteiger partial charge in [-0.1, -0.05) is 6.92 Å². The summed E-state index contributed by atoms with van der Waals surface area (Å²) in [4.78, 5) is 0.117. The van der Waals surface area contributed by atoms with Crippen LogP contribution < -0.4 is 0 Å². The molecule has 1 saturated heterocycles. The van der Waals surface area contributed by atoms with Crippen molar-refractivity contribution in [1.82, 2.24) is 4.31 Å². The molecule has 1 aliphatic rings. The van der Waals surface area contributed by atoms with Crippen molar-refractivity contribution in [3.63, 3.8) is 0 Å². The molecule has 3 N–H and O–H groups in total. The van der Waals surface area contributed by atoms with E-state index in [-0.39, 0.29) is 71.1 Å². The largest absolute Gasteiger partial charge is 0.506 e. The van der Waals surface area contributed by atoms with E-state index in [1.165, 1.54) is 35.5 Å². The summed E-state index contributed by atoms with van der Waals surface area (Å²) < 4.78 is 38.4. The molecule has 2 aromatic rings. The zero-order valence-corrected chi connectivity index (χ0v) is 21.7. The van der Waals surface area contributed by atoms with Crippen molar-refractivity contribution >= 4 is 21.4 Å². The number of ether oxygens (including phenoxy) is 2. The van der Waals surface area contributed by atoms with Crippen molar-refractivity contribution < 1.29 is 33.2 Å². The maximum atomic E-state index is 13.1. The van der Waals surface area contributed by atoms with Gasteiger partial charge in [0.05, 0.1) is 42.1 Å². The van der Waals surface area contributed by atoms with Gasteiger partial charge in [-0.05, 0) is 44.0 Å². The number of aliphatic hydroxyl groups excluding tert-OH is 1. The van der Waals surface area contributed by atoms with E-state index in [0.29, 0.717) is 25.4 Å². The first-order chi connectivity index (χ1) is 17.7. The average molecular weight is 533 g/mol. The molecule has 2 aromatic carbocycles. The fraction of sp³-hybridized carbons (Fsp3) is 0.480. The maximum Gasteiger partial charge on any atom is 0.243 e. The number of sulfonamides is 1. The van der Waals surface area contributed by atoms with Crippen LogP contribution in [-0.2, 0) is 25.9 Å². The predicted octanol–water partition coefficient (Wildman–Crippen LogP) is 3.43. The molecule has 0 saturated carbocycles. The summed E-state index contributed by atoms with van der Waals surface area (Å²) in [5, 5.41) is 47.7. The van der Waals surface area contributed by atoms with Crippen LogP contribution in [0.5, 0.6) is 11.5 Å². The van der Waals surface area contributed by atoms with Crippen LogP contribution in [0.4, 0.5) is 11.4 Å². The number of hydrogen-bond donors (Lipinski definition) is 3. The number of nitriles is 1. The molecular formula is C25H32N4O7S. The van der Waals surface area contributed by atoms with E-state index in [2.05, 4.69) is 10.2 Å². The highest BCUT2D eigenvalue weighted by molar-refractivity contribution is 7.89. The van der Waals surface area contributed by atoms with Gasteiger partial charge in [0.15, 0.2) is 0 Å². The number of azo groups is 1. The molecule has 0 bridgehead atoms. The van der Waals surface area contributed by atoms with Crippen molar-refractivity contribution in [2.75, 3.05) is 39.5 Å². The summed E-state index contributed by atoms with van der Waals surface area (Å²) in [6, 6.07) is 7.79. The van der Waals surface area contributed by atoms with Gasteiger partial charge < -0.3 is 24.8 Å². The van der Waals surface area contributed by atoms with E-state index in [0.717, 1.165) is 12.8 Å². The molecule has 200 valence electrons. The molecule has 0 radical (unpaired) electrons. The lowest BCUT2D eigenvalue weighted by Gasteiger charge is -2.23. The molecule has 0 aliphatic carbocycles. The Hall–Kier alpha value is -3.08. The molecule has 1 fully saturated rings. The monoisotopic (exact) mass is 532 g/mol. The molecule has 1 atom stereocenters. The Morgan fingerprint density at radius 1 is 1.19 bits per heavy atom. The number of phenols is 2. The number of hydrogen-bond acceptors (Lipinski definition) is 10. The number of benzene rings is 2. The SMILES string of the molecule is CCN(CC1CCCO1)S(=O)(=O)c1ccc(N=Nc2c(C)c(C#N)c(O)c(CCOCCO)c2O)cc1. The second kappa shape index (κ2) is 12.9. The first-order valence-corrected chi connectivity index (χ1v) is 13.5. The van der Waals surface area contributed by atoms with Crippen molar-refractivity contribution in [3.8, 4) is 17.6 Å². The van der Waals surface area contributed by atoms with Gasteiger partial charge in [-0.3, -0.25) is 0 Å².